The standard InChI is InChI=1S/C13H6Cl2F3N3/c14-9-6-8(13(16,17)18)19-12-20-11(15)10(21(9)12)7-4-2-1-3-5-7/h1-6H. The Morgan fingerprint density at radius 1 is 1.00 bits per heavy atom. The second kappa shape index (κ2) is 4.89. The second-order valence-electron chi connectivity index (χ2n) is 4.21. The van der Waals surface area contributed by atoms with Gasteiger partial charge in [0.1, 0.15) is 5.15 Å². The molecule has 0 fully saturated rings. The number of imidazole rings is 1. The zero-order chi connectivity index (χ0) is 15.2. The number of hydrogen-bond acceptors (Lipinski definition) is 2. The van der Waals surface area contributed by atoms with Crippen LogP contribution in [0.25, 0.3) is 17.0 Å². The topological polar surface area (TPSA) is 30.2 Å². The van der Waals surface area contributed by atoms with E-state index in [1.165, 1.54) is 4.40 Å². The van der Waals surface area contributed by atoms with E-state index < -0.39 is 11.9 Å². The number of halogens is 5. The predicted molar refractivity (Wildman–Crippen MR) is 73.4 cm³/mol. The van der Waals surface area contributed by atoms with E-state index in [1.807, 2.05) is 6.07 Å². The Bertz CT molecular complexity index is 813. The van der Waals surface area contributed by atoms with Crippen LogP contribution >= 0.6 is 23.2 Å². The summed E-state index contributed by atoms with van der Waals surface area (Å²) < 4.78 is 39.5. The lowest BCUT2D eigenvalue weighted by atomic mass is 10.2. The van der Waals surface area contributed by atoms with Gasteiger partial charge in [-0.15, -0.1) is 0 Å². The summed E-state index contributed by atoms with van der Waals surface area (Å²) in [7, 11) is 0. The fourth-order valence-corrected chi connectivity index (χ4v) is 2.50. The molecule has 3 rings (SSSR count). The first kappa shape index (κ1) is 14.2. The van der Waals surface area contributed by atoms with Crippen molar-refractivity contribution in [1.82, 2.24) is 14.4 Å². The van der Waals surface area contributed by atoms with Crippen LogP contribution in [0.1, 0.15) is 5.69 Å². The lowest BCUT2D eigenvalue weighted by Gasteiger charge is -2.08. The second-order valence-corrected chi connectivity index (χ2v) is 4.96. The number of benzene rings is 1. The number of aromatic nitrogens is 3. The number of hydrogen-bond donors (Lipinski definition) is 0. The molecule has 0 bridgehead atoms. The van der Waals surface area contributed by atoms with Gasteiger partial charge in [0.25, 0.3) is 0 Å². The van der Waals surface area contributed by atoms with Gasteiger partial charge in [0.15, 0.2) is 10.8 Å². The first-order valence-corrected chi connectivity index (χ1v) is 6.50. The smallest absolute Gasteiger partial charge is 0.265 e. The van der Waals surface area contributed by atoms with Crippen LogP contribution < -0.4 is 0 Å². The summed E-state index contributed by atoms with van der Waals surface area (Å²) in [5.41, 5.74) is -0.0294. The molecular weight excluding hydrogens is 326 g/mol. The van der Waals surface area contributed by atoms with E-state index >= 15 is 0 Å². The quantitative estimate of drug-likeness (QED) is 0.604. The molecule has 3 nitrogen and oxygen atoms in total. The first-order chi connectivity index (χ1) is 9.88. The average Bonchev–Trinajstić information content (AvgIpc) is 2.75. The largest absolute Gasteiger partial charge is 0.433 e. The molecule has 0 atom stereocenters. The van der Waals surface area contributed by atoms with E-state index in [0.29, 0.717) is 11.3 Å². The third-order valence-electron chi connectivity index (χ3n) is 2.84. The van der Waals surface area contributed by atoms with E-state index in [1.54, 1.807) is 24.3 Å². The molecule has 0 radical (unpaired) electrons. The molecule has 0 aliphatic rings. The number of rotatable bonds is 1. The molecule has 0 amide bonds. The summed E-state index contributed by atoms with van der Waals surface area (Å²) >= 11 is 12.0. The van der Waals surface area contributed by atoms with Crippen LogP contribution in [0, 0.1) is 0 Å². The van der Waals surface area contributed by atoms with Gasteiger partial charge < -0.3 is 0 Å². The summed E-state index contributed by atoms with van der Waals surface area (Å²) in [4.78, 5) is 7.33. The summed E-state index contributed by atoms with van der Waals surface area (Å²) in [6, 6.07) is 9.61. The van der Waals surface area contributed by atoms with Crippen molar-refractivity contribution in [3.63, 3.8) is 0 Å². The van der Waals surface area contributed by atoms with Gasteiger partial charge >= 0.3 is 6.18 Å². The lowest BCUT2D eigenvalue weighted by Crippen LogP contribution is -2.10. The van der Waals surface area contributed by atoms with Gasteiger partial charge in [-0.2, -0.15) is 18.2 Å². The molecule has 0 saturated heterocycles. The molecule has 0 aliphatic carbocycles. The van der Waals surface area contributed by atoms with Gasteiger partial charge in [-0.05, 0) is 0 Å². The molecule has 0 spiro atoms. The van der Waals surface area contributed by atoms with Crippen molar-refractivity contribution < 1.29 is 13.2 Å². The van der Waals surface area contributed by atoms with Crippen LogP contribution in [0.2, 0.25) is 10.3 Å². The minimum atomic E-state index is -4.60. The minimum Gasteiger partial charge on any atom is -0.265 e. The molecule has 108 valence electrons. The Balaban J connectivity index is 2.32. The Labute approximate surface area is 127 Å². The summed E-state index contributed by atoms with van der Waals surface area (Å²) in [5.74, 6) is -0.196. The van der Waals surface area contributed by atoms with Crippen LogP contribution in [-0.4, -0.2) is 14.4 Å². The monoisotopic (exact) mass is 331 g/mol. The number of nitrogens with zero attached hydrogens (tertiary/aromatic N) is 3. The first-order valence-electron chi connectivity index (χ1n) is 5.75. The summed E-state index contributed by atoms with van der Waals surface area (Å²) in [6.45, 7) is 0. The van der Waals surface area contributed by atoms with Gasteiger partial charge in [0, 0.05) is 11.6 Å². The van der Waals surface area contributed by atoms with Crippen molar-refractivity contribution in [2.45, 2.75) is 6.18 Å². The Kier molecular flexibility index (Phi) is 3.30. The molecular formula is C13H6Cl2F3N3. The fourth-order valence-electron chi connectivity index (χ4n) is 1.97. The Morgan fingerprint density at radius 3 is 2.29 bits per heavy atom. The van der Waals surface area contributed by atoms with Crippen LogP contribution in [0.4, 0.5) is 13.2 Å². The normalized spacial score (nSPS) is 12.0. The van der Waals surface area contributed by atoms with E-state index in [0.717, 1.165) is 6.07 Å². The van der Waals surface area contributed by atoms with E-state index in [2.05, 4.69) is 9.97 Å². The average molecular weight is 332 g/mol. The highest BCUT2D eigenvalue weighted by atomic mass is 35.5. The van der Waals surface area contributed by atoms with Gasteiger partial charge in [-0.25, -0.2) is 4.98 Å². The maximum Gasteiger partial charge on any atom is 0.433 e. The van der Waals surface area contributed by atoms with Gasteiger partial charge in [-0.1, -0.05) is 53.5 Å². The number of fused-ring (bicyclic) bond motifs is 1. The molecule has 21 heavy (non-hydrogen) atoms. The van der Waals surface area contributed by atoms with Crippen LogP contribution in [0.15, 0.2) is 36.4 Å². The molecule has 1 aromatic carbocycles. The third-order valence-corrected chi connectivity index (χ3v) is 3.39. The molecule has 0 unspecified atom stereocenters. The van der Waals surface area contributed by atoms with E-state index in [-0.39, 0.29) is 16.1 Å². The lowest BCUT2D eigenvalue weighted by molar-refractivity contribution is -0.141. The highest BCUT2D eigenvalue weighted by molar-refractivity contribution is 6.33. The molecule has 0 aliphatic heterocycles. The zero-order valence-corrected chi connectivity index (χ0v) is 11.7. The van der Waals surface area contributed by atoms with Crippen LogP contribution in [0.3, 0.4) is 0 Å². The van der Waals surface area contributed by atoms with Crippen LogP contribution in [-0.2, 0) is 6.18 Å². The molecule has 2 heterocycles. The molecule has 8 heteroatoms. The van der Waals surface area contributed by atoms with Crippen molar-refractivity contribution in [2.24, 2.45) is 0 Å². The fraction of sp³-hybridized carbons (Fsp3) is 0.0769. The van der Waals surface area contributed by atoms with Gasteiger partial charge in [0.2, 0.25) is 5.78 Å². The highest BCUT2D eigenvalue weighted by Gasteiger charge is 2.34. The third kappa shape index (κ3) is 2.45. The van der Waals surface area contributed by atoms with Gasteiger partial charge in [-0.3, -0.25) is 4.40 Å². The van der Waals surface area contributed by atoms with Crippen molar-refractivity contribution in [2.75, 3.05) is 0 Å². The predicted octanol–water partition coefficient (Wildman–Crippen LogP) is 4.72. The van der Waals surface area contributed by atoms with E-state index in [4.69, 9.17) is 23.2 Å². The highest BCUT2D eigenvalue weighted by Crippen LogP contribution is 2.34. The molecule has 3 aromatic rings. The number of alkyl halides is 3. The van der Waals surface area contributed by atoms with Gasteiger partial charge in [0.05, 0.1) is 5.69 Å². The molecule has 2 aromatic heterocycles. The Hall–Kier alpha value is -1.79. The van der Waals surface area contributed by atoms with Crippen molar-refractivity contribution in [3.8, 4) is 11.3 Å². The SMILES string of the molecule is FC(F)(F)c1cc(Cl)n2c(-c3ccccc3)c(Cl)nc2n1. The molecule has 0 saturated carbocycles. The van der Waals surface area contributed by atoms with Crippen LogP contribution in [0.5, 0.6) is 0 Å². The summed E-state index contributed by atoms with van der Waals surface area (Å²) in [6.07, 6.45) is -4.60. The molecule has 0 N–H and O–H groups in total. The summed E-state index contributed by atoms with van der Waals surface area (Å²) in [5, 5.41) is -0.125. The van der Waals surface area contributed by atoms with Crippen molar-refractivity contribution >= 4 is 29.0 Å². The maximum absolute atomic E-state index is 12.7. The van der Waals surface area contributed by atoms with Crippen molar-refractivity contribution in [3.05, 3.63) is 52.4 Å². The van der Waals surface area contributed by atoms with E-state index in [9.17, 15) is 13.2 Å². The Morgan fingerprint density at radius 2 is 1.67 bits per heavy atom. The zero-order valence-electron chi connectivity index (χ0n) is 10.2. The maximum atomic E-state index is 12.7. The minimum absolute atomic E-state index is 0.0370. The van der Waals surface area contributed by atoms with Crippen molar-refractivity contribution in [1.29, 1.82) is 0 Å².